The molecule has 0 fully saturated rings. The second-order valence-corrected chi connectivity index (χ2v) is 5.65. The molecule has 0 unspecified atom stereocenters. The van der Waals surface area contributed by atoms with Gasteiger partial charge in [-0.25, -0.2) is 9.97 Å². The largest absolute Gasteiger partial charge is 0.396 e. The highest BCUT2D eigenvalue weighted by molar-refractivity contribution is 7.21. The lowest BCUT2D eigenvalue weighted by Crippen LogP contribution is -2.37. The predicted molar refractivity (Wildman–Crippen MR) is 78.3 cm³/mol. The summed E-state index contributed by atoms with van der Waals surface area (Å²) < 4.78 is 0. The zero-order valence-electron chi connectivity index (χ0n) is 11.4. The lowest BCUT2D eigenvalue weighted by molar-refractivity contribution is 0.0712. The number of nitrogens with zero attached hydrogens (tertiary/aromatic N) is 3. The Morgan fingerprint density at radius 3 is 2.68 bits per heavy atom. The molecule has 0 aliphatic carbocycles. The second-order valence-electron chi connectivity index (χ2n) is 4.65. The van der Waals surface area contributed by atoms with Crippen molar-refractivity contribution in [1.82, 2.24) is 14.9 Å². The lowest BCUT2D eigenvalue weighted by Gasteiger charge is -2.25. The molecule has 0 spiro atoms. The molecule has 19 heavy (non-hydrogen) atoms. The van der Waals surface area contributed by atoms with Gasteiger partial charge in [0.2, 0.25) is 0 Å². The first-order chi connectivity index (χ1) is 9.06. The number of amides is 1. The Bertz CT molecular complexity index is 593. The van der Waals surface area contributed by atoms with Crippen LogP contribution in [-0.4, -0.2) is 33.4 Å². The van der Waals surface area contributed by atoms with Gasteiger partial charge in [0.05, 0.1) is 5.69 Å². The van der Waals surface area contributed by atoms with E-state index in [1.807, 2.05) is 18.7 Å². The SMILES string of the molecule is CCCN(C(=O)c1sc2nccnc2c1N)C(C)C. The molecule has 2 aromatic rings. The lowest BCUT2D eigenvalue weighted by atomic mass is 10.2. The van der Waals surface area contributed by atoms with E-state index in [9.17, 15) is 4.79 Å². The van der Waals surface area contributed by atoms with Crippen molar-refractivity contribution >= 4 is 33.3 Å². The fraction of sp³-hybridized carbons (Fsp3) is 0.462. The number of hydrogen-bond acceptors (Lipinski definition) is 5. The minimum atomic E-state index is -0.0286. The molecule has 1 amide bonds. The van der Waals surface area contributed by atoms with Crippen LogP contribution in [0.3, 0.4) is 0 Å². The molecule has 5 nitrogen and oxygen atoms in total. The van der Waals surface area contributed by atoms with Crippen molar-refractivity contribution in [3.05, 3.63) is 17.3 Å². The maximum atomic E-state index is 12.6. The highest BCUT2D eigenvalue weighted by atomic mass is 32.1. The Kier molecular flexibility index (Phi) is 3.99. The van der Waals surface area contributed by atoms with Crippen LogP contribution in [0.4, 0.5) is 5.69 Å². The first-order valence-corrected chi connectivity index (χ1v) is 7.17. The van der Waals surface area contributed by atoms with Gasteiger partial charge in [0, 0.05) is 25.0 Å². The third kappa shape index (κ3) is 2.53. The van der Waals surface area contributed by atoms with Gasteiger partial charge in [0.15, 0.2) is 0 Å². The molecule has 0 aromatic carbocycles. The number of nitrogens with two attached hydrogens (primary N) is 1. The molecular weight excluding hydrogens is 260 g/mol. The number of hydrogen-bond donors (Lipinski definition) is 1. The minimum absolute atomic E-state index is 0.0286. The zero-order chi connectivity index (χ0) is 14.0. The van der Waals surface area contributed by atoms with E-state index >= 15 is 0 Å². The second kappa shape index (κ2) is 5.52. The maximum absolute atomic E-state index is 12.6. The number of carbonyl (C=O) groups is 1. The molecule has 0 atom stereocenters. The smallest absolute Gasteiger partial charge is 0.266 e. The molecule has 0 aliphatic heterocycles. The van der Waals surface area contributed by atoms with Gasteiger partial charge < -0.3 is 10.6 Å². The summed E-state index contributed by atoms with van der Waals surface area (Å²) in [5, 5.41) is 0. The van der Waals surface area contributed by atoms with Crippen molar-refractivity contribution in [1.29, 1.82) is 0 Å². The van der Waals surface area contributed by atoms with Crippen LogP contribution >= 0.6 is 11.3 Å². The van der Waals surface area contributed by atoms with E-state index in [-0.39, 0.29) is 11.9 Å². The van der Waals surface area contributed by atoms with Crippen molar-refractivity contribution < 1.29 is 4.79 Å². The van der Waals surface area contributed by atoms with Gasteiger partial charge in [-0.15, -0.1) is 11.3 Å². The highest BCUT2D eigenvalue weighted by Gasteiger charge is 2.24. The first kappa shape index (κ1) is 13.7. The van der Waals surface area contributed by atoms with E-state index in [0.717, 1.165) is 13.0 Å². The van der Waals surface area contributed by atoms with Crippen molar-refractivity contribution in [2.45, 2.75) is 33.2 Å². The Balaban J connectivity index is 2.43. The zero-order valence-corrected chi connectivity index (χ0v) is 12.2. The van der Waals surface area contributed by atoms with E-state index in [1.165, 1.54) is 11.3 Å². The van der Waals surface area contributed by atoms with Crippen LogP contribution in [0.5, 0.6) is 0 Å². The molecule has 2 aromatic heterocycles. The van der Waals surface area contributed by atoms with Gasteiger partial charge >= 0.3 is 0 Å². The van der Waals surface area contributed by atoms with Crippen LogP contribution in [0.25, 0.3) is 10.3 Å². The van der Waals surface area contributed by atoms with Crippen LogP contribution in [0, 0.1) is 0 Å². The monoisotopic (exact) mass is 278 g/mol. The molecule has 6 heteroatoms. The van der Waals surface area contributed by atoms with Gasteiger partial charge in [-0.05, 0) is 20.3 Å². The molecule has 0 saturated heterocycles. The van der Waals surface area contributed by atoms with E-state index in [0.29, 0.717) is 20.9 Å². The summed E-state index contributed by atoms with van der Waals surface area (Å²) in [4.78, 5) is 24.0. The molecule has 0 bridgehead atoms. The predicted octanol–water partition coefficient (Wildman–Crippen LogP) is 2.53. The molecule has 0 radical (unpaired) electrons. The van der Waals surface area contributed by atoms with Gasteiger partial charge in [-0.1, -0.05) is 6.92 Å². The van der Waals surface area contributed by atoms with Crippen molar-refractivity contribution in [3.8, 4) is 0 Å². The average Bonchev–Trinajstić information content (AvgIpc) is 2.73. The number of carbonyl (C=O) groups excluding carboxylic acids is 1. The van der Waals surface area contributed by atoms with Crippen molar-refractivity contribution in [2.24, 2.45) is 0 Å². The van der Waals surface area contributed by atoms with Gasteiger partial charge in [0.1, 0.15) is 15.2 Å². The van der Waals surface area contributed by atoms with E-state index in [4.69, 9.17) is 5.73 Å². The van der Waals surface area contributed by atoms with Crippen LogP contribution in [0.15, 0.2) is 12.4 Å². The fourth-order valence-electron chi connectivity index (χ4n) is 1.97. The standard InChI is InChI=1S/C13H18N4OS/c1-4-7-17(8(2)3)13(18)11-9(14)10-12(19-11)16-6-5-15-10/h5-6,8H,4,7,14H2,1-3H3. The number of nitrogen functional groups attached to an aromatic ring is 1. The molecular formula is C13H18N4OS. The molecule has 102 valence electrons. The molecule has 2 heterocycles. The highest BCUT2D eigenvalue weighted by Crippen LogP contribution is 2.31. The average molecular weight is 278 g/mol. The summed E-state index contributed by atoms with van der Waals surface area (Å²) in [6.07, 6.45) is 4.12. The number of fused-ring (bicyclic) bond motifs is 1. The molecule has 2 rings (SSSR count). The maximum Gasteiger partial charge on any atom is 0.266 e. The number of rotatable bonds is 4. The quantitative estimate of drug-likeness (QED) is 0.932. The van der Waals surface area contributed by atoms with E-state index in [2.05, 4.69) is 16.9 Å². The van der Waals surface area contributed by atoms with Gasteiger partial charge in [0.25, 0.3) is 5.91 Å². The fourth-order valence-corrected chi connectivity index (χ4v) is 2.95. The molecule has 0 aliphatic rings. The summed E-state index contributed by atoms with van der Waals surface area (Å²) in [7, 11) is 0. The topological polar surface area (TPSA) is 72.1 Å². The third-order valence-electron chi connectivity index (χ3n) is 2.91. The summed E-state index contributed by atoms with van der Waals surface area (Å²) in [5.74, 6) is -0.0286. The summed E-state index contributed by atoms with van der Waals surface area (Å²) >= 11 is 1.31. The normalized spacial score (nSPS) is 11.2. The third-order valence-corrected chi connectivity index (χ3v) is 4.00. The van der Waals surface area contributed by atoms with Crippen LogP contribution in [-0.2, 0) is 0 Å². The number of aromatic nitrogens is 2. The van der Waals surface area contributed by atoms with Crippen LogP contribution < -0.4 is 5.73 Å². The van der Waals surface area contributed by atoms with E-state index in [1.54, 1.807) is 12.4 Å². The Hall–Kier alpha value is -1.69. The Labute approximate surface area is 116 Å². The van der Waals surface area contributed by atoms with Crippen LogP contribution in [0.2, 0.25) is 0 Å². The van der Waals surface area contributed by atoms with Crippen molar-refractivity contribution in [2.75, 3.05) is 12.3 Å². The summed E-state index contributed by atoms with van der Waals surface area (Å²) in [5.41, 5.74) is 7.10. The number of thiophene rings is 1. The van der Waals surface area contributed by atoms with Crippen molar-refractivity contribution in [3.63, 3.8) is 0 Å². The Morgan fingerprint density at radius 2 is 2.11 bits per heavy atom. The number of anilines is 1. The summed E-state index contributed by atoms with van der Waals surface area (Å²) in [6.45, 7) is 6.80. The minimum Gasteiger partial charge on any atom is -0.396 e. The first-order valence-electron chi connectivity index (χ1n) is 6.36. The summed E-state index contributed by atoms with van der Waals surface area (Å²) in [6, 6.07) is 0.151. The van der Waals surface area contributed by atoms with Gasteiger partial charge in [-0.2, -0.15) is 0 Å². The molecule has 2 N–H and O–H groups in total. The van der Waals surface area contributed by atoms with Gasteiger partial charge in [-0.3, -0.25) is 4.79 Å². The van der Waals surface area contributed by atoms with E-state index < -0.39 is 0 Å². The molecule has 0 saturated carbocycles. The van der Waals surface area contributed by atoms with Crippen LogP contribution in [0.1, 0.15) is 36.9 Å². The Morgan fingerprint density at radius 1 is 1.42 bits per heavy atom.